The third kappa shape index (κ3) is 4.55. The molecule has 0 bridgehead atoms. The van der Waals surface area contributed by atoms with Crippen molar-refractivity contribution in [3.05, 3.63) is 71.9 Å². The number of carbonyl (C=O) groups excluding carboxylic acids is 1. The topological polar surface area (TPSA) is 69.7 Å². The van der Waals surface area contributed by atoms with E-state index in [1.807, 2.05) is 31.2 Å². The van der Waals surface area contributed by atoms with Gasteiger partial charge in [0.1, 0.15) is 11.5 Å². The number of aromatic nitrogens is 1. The van der Waals surface area contributed by atoms with Gasteiger partial charge >= 0.3 is 0 Å². The molecule has 0 saturated carbocycles. The molecule has 1 aromatic heterocycles. The SMILES string of the molecule is COc1ccc(NC(=O)c2cccnc2-c2ccc(C(C)OC)cc2)c(OC)c1. The summed E-state index contributed by atoms with van der Waals surface area (Å²) in [5, 5.41) is 2.90. The minimum Gasteiger partial charge on any atom is -0.497 e. The first-order chi connectivity index (χ1) is 14.1. The lowest BCUT2D eigenvalue weighted by Crippen LogP contribution is -2.14. The molecule has 1 heterocycles. The first-order valence-corrected chi connectivity index (χ1v) is 9.19. The van der Waals surface area contributed by atoms with Gasteiger partial charge in [-0.1, -0.05) is 24.3 Å². The minimum absolute atomic E-state index is 0.00177. The quantitative estimate of drug-likeness (QED) is 0.630. The van der Waals surface area contributed by atoms with Gasteiger partial charge in [-0.05, 0) is 36.8 Å². The summed E-state index contributed by atoms with van der Waals surface area (Å²) in [6, 6.07) is 16.6. The van der Waals surface area contributed by atoms with Crippen LogP contribution in [0.2, 0.25) is 0 Å². The Hall–Kier alpha value is -3.38. The van der Waals surface area contributed by atoms with Crippen LogP contribution >= 0.6 is 0 Å². The number of pyridine rings is 1. The van der Waals surface area contributed by atoms with E-state index in [-0.39, 0.29) is 12.0 Å². The monoisotopic (exact) mass is 392 g/mol. The molecule has 0 aliphatic carbocycles. The van der Waals surface area contributed by atoms with E-state index in [0.29, 0.717) is 28.4 Å². The highest BCUT2D eigenvalue weighted by molar-refractivity contribution is 6.08. The molecule has 3 aromatic rings. The van der Waals surface area contributed by atoms with Crippen LogP contribution in [0.4, 0.5) is 5.69 Å². The molecule has 2 aromatic carbocycles. The second-order valence-corrected chi connectivity index (χ2v) is 6.42. The Morgan fingerprint density at radius 1 is 1.00 bits per heavy atom. The lowest BCUT2D eigenvalue weighted by Gasteiger charge is -2.14. The Morgan fingerprint density at radius 3 is 2.41 bits per heavy atom. The molecular weight excluding hydrogens is 368 g/mol. The molecule has 6 nitrogen and oxygen atoms in total. The summed E-state index contributed by atoms with van der Waals surface area (Å²) in [5.41, 5.74) is 3.54. The Labute approximate surface area is 170 Å². The van der Waals surface area contributed by atoms with Gasteiger partial charge in [0.25, 0.3) is 5.91 Å². The molecule has 0 aliphatic heterocycles. The van der Waals surface area contributed by atoms with Crippen molar-refractivity contribution in [1.82, 2.24) is 4.98 Å². The maximum absolute atomic E-state index is 13.0. The van der Waals surface area contributed by atoms with Crippen LogP contribution in [0, 0.1) is 0 Å². The van der Waals surface area contributed by atoms with Crippen molar-refractivity contribution < 1.29 is 19.0 Å². The standard InChI is InChI=1S/C23H24N2O4/c1-15(27-2)16-7-9-17(10-8-16)22-19(6-5-13-24-22)23(26)25-20-12-11-18(28-3)14-21(20)29-4/h5-15H,1-4H3,(H,25,26). The Kier molecular flexibility index (Phi) is 6.46. The van der Waals surface area contributed by atoms with E-state index in [2.05, 4.69) is 10.3 Å². The number of hydrogen-bond donors (Lipinski definition) is 1. The van der Waals surface area contributed by atoms with Crippen molar-refractivity contribution in [2.24, 2.45) is 0 Å². The number of carbonyl (C=O) groups is 1. The second kappa shape index (κ2) is 9.21. The van der Waals surface area contributed by atoms with Gasteiger partial charge in [-0.25, -0.2) is 0 Å². The van der Waals surface area contributed by atoms with Gasteiger partial charge in [0.05, 0.1) is 37.3 Å². The van der Waals surface area contributed by atoms with Crippen LogP contribution in [0.25, 0.3) is 11.3 Å². The molecular formula is C23H24N2O4. The van der Waals surface area contributed by atoms with E-state index >= 15 is 0 Å². The number of amides is 1. The molecule has 0 saturated heterocycles. The highest BCUT2D eigenvalue weighted by atomic mass is 16.5. The van der Waals surface area contributed by atoms with Gasteiger partial charge in [-0.2, -0.15) is 0 Å². The van der Waals surface area contributed by atoms with Gasteiger partial charge in [0, 0.05) is 24.9 Å². The number of rotatable bonds is 7. The van der Waals surface area contributed by atoms with Gasteiger partial charge < -0.3 is 19.5 Å². The van der Waals surface area contributed by atoms with Crippen molar-refractivity contribution in [3.8, 4) is 22.8 Å². The maximum atomic E-state index is 13.0. The van der Waals surface area contributed by atoms with Gasteiger partial charge in [-0.3, -0.25) is 9.78 Å². The molecule has 0 aliphatic rings. The van der Waals surface area contributed by atoms with Gasteiger partial charge in [0.2, 0.25) is 0 Å². The van der Waals surface area contributed by atoms with Crippen molar-refractivity contribution >= 4 is 11.6 Å². The molecule has 29 heavy (non-hydrogen) atoms. The summed E-state index contributed by atoms with van der Waals surface area (Å²) in [4.78, 5) is 17.4. The zero-order chi connectivity index (χ0) is 20.8. The highest BCUT2D eigenvalue weighted by Gasteiger charge is 2.16. The van der Waals surface area contributed by atoms with Crippen molar-refractivity contribution in [3.63, 3.8) is 0 Å². The fourth-order valence-electron chi connectivity index (χ4n) is 2.96. The first kappa shape index (κ1) is 20.4. The van der Waals surface area contributed by atoms with Crippen LogP contribution in [0.15, 0.2) is 60.8 Å². The Bertz CT molecular complexity index is 986. The van der Waals surface area contributed by atoms with Crippen molar-refractivity contribution in [1.29, 1.82) is 0 Å². The van der Waals surface area contributed by atoms with Crippen LogP contribution in [0.1, 0.15) is 28.9 Å². The van der Waals surface area contributed by atoms with Gasteiger partial charge in [-0.15, -0.1) is 0 Å². The number of anilines is 1. The largest absolute Gasteiger partial charge is 0.497 e. The smallest absolute Gasteiger partial charge is 0.257 e. The van der Waals surface area contributed by atoms with Crippen LogP contribution < -0.4 is 14.8 Å². The van der Waals surface area contributed by atoms with Crippen molar-refractivity contribution in [2.75, 3.05) is 26.6 Å². The lowest BCUT2D eigenvalue weighted by atomic mass is 10.0. The number of hydrogen-bond acceptors (Lipinski definition) is 5. The number of methoxy groups -OCH3 is 3. The molecule has 1 amide bonds. The molecule has 1 atom stereocenters. The molecule has 0 radical (unpaired) electrons. The fourth-order valence-corrected chi connectivity index (χ4v) is 2.96. The van der Waals surface area contributed by atoms with E-state index in [1.165, 1.54) is 0 Å². The van der Waals surface area contributed by atoms with Gasteiger partial charge in [0.15, 0.2) is 0 Å². The molecule has 150 valence electrons. The minimum atomic E-state index is -0.272. The number of benzene rings is 2. The average molecular weight is 392 g/mol. The number of nitrogens with one attached hydrogen (secondary N) is 1. The van der Waals surface area contributed by atoms with E-state index in [4.69, 9.17) is 14.2 Å². The molecule has 3 rings (SSSR count). The molecule has 0 fully saturated rings. The summed E-state index contributed by atoms with van der Waals surface area (Å²) < 4.78 is 15.9. The predicted octanol–water partition coefficient (Wildman–Crippen LogP) is 4.73. The van der Waals surface area contributed by atoms with Crippen LogP contribution in [0.5, 0.6) is 11.5 Å². The van der Waals surface area contributed by atoms with E-state index in [9.17, 15) is 4.79 Å². The number of nitrogens with zero attached hydrogens (tertiary/aromatic N) is 1. The third-order valence-electron chi connectivity index (χ3n) is 4.72. The summed E-state index contributed by atoms with van der Waals surface area (Å²) in [5.74, 6) is 0.888. The number of ether oxygens (including phenoxy) is 3. The van der Waals surface area contributed by atoms with Crippen LogP contribution in [-0.4, -0.2) is 32.2 Å². The Morgan fingerprint density at radius 2 is 1.76 bits per heavy atom. The molecule has 6 heteroatoms. The predicted molar refractivity (Wildman–Crippen MR) is 113 cm³/mol. The zero-order valence-electron chi connectivity index (χ0n) is 16.9. The first-order valence-electron chi connectivity index (χ1n) is 9.19. The maximum Gasteiger partial charge on any atom is 0.257 e. The zero-order valence-corrected chi connectivity index (χ0v) is 16.9. The highest BCUT2D eigenvalue weighted by Crippen LogP contribution is 2.30. The summed E-state index contributed by atoms with van der Waals surface area (Å²) in [7, 11) is 4.79. The van der Waals surface area contributed by atoms with E-state index in [0.717, 1.165) is 11.1 Å². The van der Waals surface area contributed by atoms with E-state index in [1.54, 1.807) is 57.9 Å². The summed E-state index contributed by atoms with van der Waals surface area (Å²) in [6.45, 7) is 1.98. The van der Waals surface area contributed by atoms with Crippen molar-refractivity contribution in [2.45, 2.75) is 13.0 Å². The van der Waals surface area contributed by atoms with Crippen LogP contribution in [-0.2, 0) is 4.74 Å². The molecule has 1 N–H and O–H groups in total. The fraction of sp³-hybridized carbons (Fsp3) is 0.217. The van der Waals surface area contributed by atoms with Crippen LogP contribution in [0.3, 0.4) is 0 Å². The summed E-state index contributed by atoms with van der Waals surface area (Å²) in [6.07, 6.45) is 1.67. The molecule has 1 unspecified atom stereocenters. The van der Waals surface area contributed by atoms with E-state index < -0.39 is 0 Å². The lowest BCUT2D eigenvalue weighted by molar-refractivity contribution is 0.102. The normalized spacial score (nSPS) is 11.6. The average Bonchev–Trinajstić information content (AvgIpc) is 2.78. The Balaban J connectivity index is 1.90. The second-order valence-electron chi connectivity index (χ2n) is 6.42. The summed E-state index contributed by atoms with van der Waals surface area (Å²) >= 11 is 0. The molecule has 0 spiro atoms. The third-order valence-corrected chi connectivity index (χ3v) is 4.72.